The highest BCUT2D eigenvalue weighted by molar-refractivity contribution is 7.80. The highest BCUT2D eigenvalue weighted by atomic mass is 35.5. The number of ether oxygens (including phenoxy) is 1. The van der Waals surface area contributed by atoms with Gasteiger partial charge in [0.15, 0.2) is 5.11 Å². The number of nitro benzene ring substituents is 1. The van der Waals surface area contributed by atoms with Gasteiger partial charge in [0.2, 0.25) is 0 Å². The Bertz CT molecular complexity index is 1110. The maximum Gasteiger partial charge on any atom is 0.337 e. The Balaban J connectivity index is 2.17. The van der Waals surface area contributed by atoms with E-state index in [2.05, 4.69) is 5.32 Å². The molecule has 0 radical (unpaired) electrons. The monoisotopic (exact) mass is 449 g/mol. The SMILES string of the molecule is COC(=O)C1=C(C)N(c2ccc(C)c(F)c2)C(=S)NC1c1ccc(Cl)c([N+](=O)[O-])c1. The molecular formula is C20H17ClFN3O4S. The van der Waals surface area contributed by atoms with Crippen LogP contribution in [0, 0.1) is 22.9 Å². The number of aryl methyl sites for hydroxylation is 1. The number of carbonyl (C=O) groups is 1. The Morgan fingerprint density at radius 2 is 2.00 bits per heavy atom. The first kappa shape index (κ1) is 21.7. The summed E-state index contributed by atoms with van der Waals surface area (Å²) in [4.78, 5) is 24.8. The van der Waals surface area contributed by atoms with Crippen LogP contribution in [0.25, 0.3) is 0 Å². The summed E-state index contributed by atoms with van der Waals surface area (Å²) < 4.78 is 19.1. The molecule has 0 saturated carbocycles. The van der Waals surface area contributed by atoms with Gasteiger partial charge in [0.1, 0.15) is 10.8 Å². The summed E-state index contributed by atoms with van der Waals surface area (Å²) in [6.07, 6.45) is 0. The number of allylic oxidation sites excluding steroid dienone is 1. The lowest BCUT2D eigenvalue weighted by atomic mass is 9.94. The van der Waals surface area contributed by atoms with Crippen molar-refractivity contribution in [3.05, 3.63) is 79.7 Å². The number of methoxy groups -OCH3 is 1. The first-order valence-electron chi connectivity index (χ1n) is 8.75. The van der Waals surface area contributed by atoms with Crippen molar-refractivity contribution in [2.75, 3.05) is 12.0 Å². The van der Waals surface area contributed by atoms with Gasteiger partial charge in [-0.25, -0.2) is 9.18 Å². The summed E-state index contributed by atoms with van der Waals surface area (Å²) in [7, 11) is 1.23. The van der Waals surface area contributed by atoms with Gasteiger partial charge in [0.05, 0.1) is 29.3 Å². The van der Waals surface area contributed by atoms with Crippen molar-refractivity contribution in [3.8, 4) is 0 Å². The van der Waals surface area contributed by atoms with Crippen LogP contribution < -0.4 is 10.2 Å². The van der Waals surface area contributed by atoms with Gasteiger partial charge in [-0.1, -0.05) is 23.7 Å². The smallest absolute Gasteiger partial charge is 0.337 e. The molecule has 10 heteroatoms. The molecule has 0 saturated heterocycles. The fourth-order valence-corrected chi connectivity index (χ4v) is 3.80. The number of carbonyl (C=O) groups excluding carboxylic acids is 1. The van der Waals surface area contributed by atoms with Crippen molar-refractivity contribution in [2.45, 2.75) is 19.9 Å². The molecule has 1 heterocycles. The van der Waals surface area contributed by atoms with E-state index in [0.717, 1.165) is 0 Å². The third-order valence-corrected chi connectivity index (χ3v) is 5.42. The molecule has 0 fully saturated rings. The van der Waals surface area contributed by atoms with Crippen molar-refractivity contribution in [1.29, 1.82) is 0 Å². The van der Waals surface area contributed by atoms with E-state index in [-0.39, 0.29) is 21.4 Å². The van der Waals surface area contributed by atoms with E-state index in [9.17, 15) is 19.3 Å². The fourth-order valence-electron chi connectivity index (χ4n) is 3.25. The maximum atomic E-state index is 14.1. The van der Waals surface area contributed by atoms with E-state index in [4.69, 9.17) is 28.6 Å². The molecule has 1 unspecified atom stereocenters. The van der Waals surface area contributed by atoms with Crippen LogP contribution in [0.4, 0.5) is 15.8 Å². The Kier molecular flexibility index (Phi) is 6.04. The second kappa shape index (κ2) is 8.37. The van der Waals surface area contributed by atoms with E-state index in [1.54, 1.807) is 32.0 Å². The van der Waals surface area contributed by atoms with Crippen LogP contribution >= 0.6 is 23.8 Å². The molecule has 0 aliphatic carbocycles. The minimum Gasteiger partial charge on any atom is -0.466 e. The van der Waals surface area contributed by atoms with Gasteiger partial charge in [0, 0.05) is 11.8 Å². The maximum absolute atomic E-state index is 14.1. The largest absolute Gasteiger partial charge is 0.466 e. The molecule has 1 N–H and O–H groups in total. The number of thiocarbonyl (C=S) groups is 1. The lowest BCUT2D eigenvalue weighted by Crippen LogP contribution is -2.48. The summed E-state index contributed by atoms with van der Waals surface area (Å²) in [5, 5.41) is 14.5. The molecule has 0 aromatic heterocycles. The first-order chi connectivity index (χ1) is 14.1. The minimum absolute atomic E-state index is 0.0285. The van der Waals surface area contributed by atoms with E-state index >= 15 is 0 Å². The fraction of sp³-hybridized carbons (Fsp3) is 0.200. The van der Waals surface area contributed by atoms with Crippen LogP contribution in [0.5, 0.6) is 0 Å². The number of benzene rings is 2. The summed E-state index contributed by atoms with van der Waals surface area (Å²) in [5.74, 6) is -1.07. The number of nitrogens with zero attached hydrogens (tertiary/aromatic N) is 2. The zero-order chi connectivity index (χ0) is 22.2. The molecule has 2 aromatic rings. The molecule has 1 aliphatic heterocycles. The van der Waals surface area contributed by atoms with Crippen molar-refractivity contribution >= 4 is 46.3 Å². The molecule has 1 aliphatic rings. The van der Waals surface area contributed by atoms with Crippen LogP contribution in [0.2, 0.25) is 5.02 Å². The Morgan fingerprint density at radius 3 is 2.60 bits per heavy atom. The predicted octanol–water partition coefficient (Wildman–Crippen LogP) is 4.58. The molecule has 2 aromatic carbocycles. The number of anilines is 1. The standard InChI is InChI=1S/C20H17ClFN3O4S/c1-10-4-6-13(9-15(10)22)24-11(2)17(19(26)29-3)18(23-20(24)30)12-5-7-14(21)16(8-12)25(27)28/h4-9,18H,1-3H3,(H,23,30). The zero-order valence-corrected chi connectivity index (χ0v) is 17.8. The minimum atomic E-state index is -0.813. The molecule has 156 valence electrons. The Labute approximate surface area is 182 Å². The molecule has 30 heavy (non-hydrogen) atoms. The number of halogens is 2. The quantitative estimate of drug-likeness (QED) is 0.316. The molecule has 1 atom stereocenters. The second-order valence-corrected chi connectivity index (χ2v) is 7.40. The third kappa shape index (κ3) is 3.86. The summed E-state index contributed by atoms with van der Waals surface area (Å²) in [6, 6.07) is 8.01. The van der Waals surface area contributed by atoms with E-state index in [1.807, 2.05) is 0 Å². The van der Waals surface area contributed by atoms with Crippen LogP contribution in [-0.2, 0) is 9.53 Å². The Morgan fingerprint density at radius 1 is 1.30 bits per heavy atom. The van der Waals surface area contributed by atoms with Gasteiger partial charge in [-0.3, -0.25) is 15.0 Å². The lowest BCUT2D eigenvalue weighted by Gasteiger charge is -2.37. The number of nitro groups is 1. The average Bonchev–Trinajstić information content (AvgIpc) is 2.69. The van der Waals surface area contributed by atoms with E-state index in [1.165, 1.54) is 30.2 Å². The topological polar surface area (TPSA) is 84.7 Å². The highest BCUT2D eigenvalue weighted by Gasteiger charge is 2.36. The van der Waals surface area contributed by atoms with Crippen molar-refractivity contribution in [1.82, 2.24) is 5.32 Å². The van der Waals surface area contributed by atoms with Crippen LogP contribution in [0.1, 0.15) is 24.1 Å². The Hall–Kier alpha value is -3.04. The van der Waals surface area contributed by atoms with Gasteiger partial charge in [-0.05, 0) is 55.4 Å². The van der Waals surface area contributed by atoms with Crippen molar-refractivity contribution in [2.24, 2.45) is 0 Å². The number of nitrogens with one attached hydrogen (secondary N) is 1. The van der Waals surface area contributed by atoms with E-state index < -0.39 is 22.8 Å². The van der Waals surface area contributed by atoms with Crippen LogP contribution in [-0.4, -0.2) is 23.1 Å². The summed E-state index contributed by atoms with van der Waals surface area (Å²) in [6.45, 7) is 3.28. The summed E-state index contributed by atoms with van der Waals surface area (Å²) in [5.41, 5.74) is 1.60. The number of esters is 1. The van der Waals surface area contributed by atoms with Gasteiger partial charge >= 0.3 is 5.97 Å². The van der Waals surface area contributed by atoms with Gasteiger partial charge in [-0.2, -0.15) is 0 Å². The van der Waals surface area contributed by atoms with Gasteiger partial charge < -0.3 is 10.1 Å². The normalized spacial score (nSPS) is 16.4. The second-order valence-electron chi connectivity index (χ2n) is 6.61. The lowest BCUT2D eigenvalue weighted by molar-refractivity contribution is -0.384. The van der Waals surface area contributed by atoms with Crippen LogP contribution in [0.15, 0.2) is 47.7 Å². The van der Waals surface area contributed by atoms with Gasteiger partial charge in [-0.15, -0.1) is 0 Å². The third-order valence-electron chi connectivity index (χ3n) is 4.80. The van der Waals surface area contributed by atoms with Gasteiger partial charge in [0.25, 0.3) is 5.69 Å². The molecule has 0 bridgehead atoms. The highest BCUT2D eigenvalue weighted by Crippen LogP contribution is 2.37. The molecule has 0 spiro atoms. The number of hydrogen-bond acceptors (Lipinski definition) is 5. The van der Waals surface area contributed by atoms with Crippen molar-refractivity contribution < 1.29 is 18.8 Å². The number of hydrogen-bond donors (Lipinski definition) is 1. The summed E-state index contributed by atoms with van der Waals surface area (Å²) >= 11 is 11.4. The van der Waals surface area contributed by atoms with Crippen LogP contribution in [0.3, 0.4) is 0 Å². The van der Waals surface area contributed by atoms with E-state index in [0.29, 0.717) is 22.5 Å². The molecule has 3 rings (SSSR count). The average molecular weight is 450 g/mol. The number of rotatable bonds is 4. The predicted molar refractivity (Wildman–Crippen MR) is 115 cm³/mol. The first-order valence-corrected chi connectivity index (χ1v) is 9.54. The zero-order valence-electron chi connectivity index (χ0n) is 16.2. The molecule has 0 amide bonds. The van der Waals surface area contributed by atoms with Crippen molar-refractivity contribution in [3.63, 3.8) is 0 Å². The molecular weight excluding hydrogens is 433 g/mol. The molecule has 7 nitrogen and oxygen atoms in total.